The average Bonchev–Trinajstić information content (AvgIpc) is 1.79. The lowest BCUT2D eigenvalue weighted by Gasteiger charge is -2.60. The van der Waals surface area contributed by atoms with E-state index in [1.807, 2.05) is 0 Å². The van der Waals surface area contributed by atoms with Crippen LogP contribution in [0.4, 0.5) is 0 Å². The lowest BCUT2D eigenvalue weighted by atomic mass is 9.47. The first kappa shape index (κ1) is 68.1. The highest BCUT2D eigenvalue weighted by Gasteiger charge is 2.64. The molecule has 492 valence electrons. The molecule has 0 amide bonds. The van der Waals surface area contributed by atoms with Crippen LogP contribution in [0.1, 0.15) is 127 Å². The largest absolute Gasteiger partial charge is 0.397 e. The van der Waals surface area contributed by atoms with Crippen molar-refractivity contribution in [1.82, 2.24) is 0 Å². The molecule has 0 radical (unpaired) electrons. The van der Waals surface area contributed by atoms with E-state index in [1.165, 1.54) is 40.2 Å². The summed E-state index contributed by atoms with van der Waals surface area (Å²) in [5.41, 5.74) is 0.451. The number of hydrogen-bond acceptors (Lipinski definition) is 26. The molecule has 14 N–H and O–H groups in total. The molecular formula is C57H96O27S. The van der Waals surface area contributed by atoms with Crippen molar-refractivity contribution < 1.29 is 131 Å². The maximum atomic E-state index is 12.5. The molecule has 3 saturated carbocycles. The lowest BCUT2D eigenvalue weighted by Crippen LogP contribution is -2.70. The number of ether oxygens (including phenoxy) is 10. The summed E-state index contributed by atoms with van der Waals surface area (Å²) in [5.74, 6) is -2.61. The molecule has 0 spiro atoms. The van der Waals surface area contributed by atoms with E-state index in [-0.39, 0.29) is 36.0 Å². The van der Waals surface area contributed by atoms with Crippen LogP contribution in [0.5, 0.6) is 0 Å². The Kier molecular flexibility index (Phi) is 20.8. The zero-order valence-electron chi connectivity index (χ0n) is 50.0. The van der Waals surface area contributed by atoms with Crippen molar-refractivity contribution in [2.45, 2.75) is 299 Å². The molecule has 0 bridgehead atoms. The first-order valence-electron chi connectivity index (χ1n) is 30.4. The van der Waals surface area contributed by atoms with Crippen molar-refractivity contribution in [2.24, 2.45) is 46.3 Å². The predicted molar refractivity (Wildman–Crippen MR) is 290 cm³/mol. The van der Waals surface area contributed by atoms with Crippen LogP contribution in [0.3, 0.4) is 0 Å². The van der Waals surface area contributed by atoms with Gasteiger partial charge in [0.25, 0.3) is 0 Å². The van der Waals surface area contributed by atoms with Gasteiger partial charge >= 0.3 is 10.4 Å². The van der Waals surface area contributed by atoms with E-state index in [4.69, 9.17) is 51.6 Å². The van der Waals surface area contributed by atoms with E-state index in [9.17, 15) is 79.4 Å². The maximum absolute atomic E-state index is 12.5. The molecule has 0 aromatic carbocycles. The maximum Gasteiger partial charge on any atom is 0.397 e. The molecule has 34 atom stereocenters. The summed E-state index contributed by atoms with van der Waals surface area (Å²) in [6.45, 7) is 17.7. The molecular weight excluding hydrogens is 1150 g/mol. The fourth-order valence-corrected chi connectivity index (χ4v) is 16.7. The van der Waals surface area contributed by atoms with E-state index < -0.39 is 193 Å². The van der Waals surface area contributed by atoms with E-state index in [0.29, 0.717) is 37.5 Å². The summed E-state index contributed by atoms with van der Waals surface area (Å²) in [5, 5.41) is 147. The number of fused-ring (bicyclic) bond motifs is 5. The van der Waals surface area contributed by atoms with Gasteiger partial charge in [0.15, 0.2) is 31.5 Å². The molecule has 8 fully saturated rings. The number of aliphatic hydroxyl groups is 13. The molecule has 5 aliphatic heterocycles. The monoisotopic (exact) mass is 1240 g/mol. The molecule has 5 heterocycles. The quantitative estimate of drug-likeness (QED) is 0.0459. The number of aliphatic hydroxyl groups excluding tert-OH is 11. The van der Waals surface area contributed by atoms with E-state index in [0.717, 1.165) is 19.3 Å². The van der Waals surface area contributed by atoms with Gasteiger partial charge in [0.2, 0.25) is 5.79 Å². The van der Waals surface area contributed by atoms with Crippen LogP contribution in [-0.4, -0.2) is 251 Å². The number of allylic oxidation sites excluding steroid dienone is 2. The van der Waals surface area contributed by atoms with Crippen molar-refractivity contribution in [1.29, 1.82) is 0 Å². The van der Waals surface area contributed by atoms with Crippen LogP contribution in [0.2, 0.25) is 0 Å². The fourth-order valence-electron chi connectivity index (χ4n) is 16.2. The van der Waals surface area contributed by atoms with Crippen molar-refractivity contribution >= 4 is 10.4 Å². The zero-order chi connectivity index (χ0) is 62.5. The first-order chi connectivity index (χ1) is 39.6. The lowest BCUT2D eigenvalue weighted by molar-refractivity contribution is -0.432. The van der Waals surface area contributed by atoms with Crippen LogP contribution >= 0.6 is 0 Å². The van der Waals surface area contributed by atoms with Gasteiger partial charge in [0.05, 0.1) is 42.7 Å². The van der Waals surface area contributed by atoms with Crippen molar-refractivity contribution in [3.8, 4) is 0 Å². The molecule has 0 aromatic rings. The Bertz CT molecular complexity index is 2390. The van der Waals surface area contributed by atoms with Crippen molar-refractivity contribution in [3.63, 3.8) is 0 Å². The smallest absolute Gasteiger partial charge is 0.393 e. The minimum absolute atomic E-state index is 0.0524. The molecule has 0 aromatic heterocycles. The van der Waals surface area contributed by atoms with Gasteiger partial charge in [-0.15, -0.1) is 0 Å². The molecule has 27 nitrogen and oxygen atoms in total. The molecule has 4 aliphatic carbocycles. The Labute approximate surface area is 496 Å². The summed E-state index contributed by atoms with van der Waals surface area (Å²) in [7, 11) is -4.88. The van der Waals surface area contributed by atoms with Gasteiger partial charge in [-0.25, -0.2) is 4.18 Å². The normalized spacial score (nSPS) is 51.9. The van der Waals surface area contributed by atoms with Crippen LogP contribution in [0.25, 0.3) is 0 Å². The minimum atomic E-state index is -4.88. The van der Waals surface area contributed by atoms with Crippen LogP contribution in [0.15, 0.2) is 11.6 Å². The number of rotatable bonds is 17. The Morgan fingerprint density at radius 2 is 1.09 bits per heavy atom. The van der Waals surface area contributed by atoms with Gasteiger partial charge in [0.1, 0.15) is 91.6 Å². The standard InChI is InChI=1S/C57H96O27S/c1-21(2)17-28(58)18-22(3)31-11-12-32-30-20-35(34-19-29(84-85(71,72)73)13-15-56(34,10)33(30)14-16-55(31,32)9)79-52-45(68)49(57(69,70)27(8)78-52)83-54-48(82-51-43(66)40(63)37(60)24(5)75-51)44(67)46(26(7)77-54)80-53-47(41(64)38(61)25(6)76-53)81-50-42(65)39(62)36(59)23(4)74-50/h14,21-32,34-54,58-70H,11-13,15-20H2,1-10H3,(H,71,72,73). The second kappa shape index (κ2) is 26.0. The second-order valence-electron chi connectivity index (χ2n) is 27.1. The third-order valence-electron chi connectivity index (χ3n) is 20.9. The Balaban J connectivity index is 0.999. The van der Waals surface area contributed by atoms with Crippen molar-refractivity contribution in [2.75, 3.05) is 0 Å². The highest BCUT2D eigenvalue weighted by atomic mass is 32.3. The zero-order valence-corrected chi connectivity index (χ0v) is 50.8. The van der Waals surface area contributed by atoms with E-state index in [2.05, 4.69) is 40.7 Å². The molecule has 5 saturated heterocycles. The molecule has 28 heteroatoms. The minimum Gasteiger partial charge on any atom is -0.393 e. The summed E-state index contributed by atoms with van der Waals surface area (Å²) < 4.78 is 101. The average molecular weight is 1250 g/mol. The summed E-state index contributed by atoms with van der Waals surface area (Å²) in [6, 6.07) is 0. The van der Waals surface area contributed by atoms with Gasteiger partial charge in [-0.1, -0.05) is 46.3 Å². The third-order valence-corrected chi connectivity index (χ3v) is 21.5. The first-order valence-corrected chi connectivity index (χ1v) is 31.8. The van der Waals surface area contributed by atoms with Gasteiger partial charge in [0, 0.05) is 0 Å². The van der Waals surface area contributed by atoms with E-state index in [1.54, 1.807) is 0 Å². The van der Waals surface area contributed by atoms with Gasteiger partial charge in [-0.2, -0.15) is 8.42 Å². The molecule has 34 unspecified atom stereocenters. The Morgan fingerprint density at radius 3 is 1.67 bits per heavy atom. The van der Waals surface area contributed by atoms with Gasteiger partial charge < -0.3 is 114 Å². The molecule has 9 aliphatic rings. The SMILES string of the molecule is CC(C)CC(O)CC(C)C1CCC2C3CC(OC4OC(C)C(O)(O)C(OC5OC(C)C(OC6OC(C)C(O)C(O)C6OC6OC(C)C(O)C(O)C6O)C(O)C5OC5OC(C)C(O)C(O)C5O)C4O)C4CC(OS(=O)(=O)O)CCC4(C)C3=CCC12C. The Hall–Kier alpha value is -1.31. The van der Waals surface area contributed by atoms with Crippen LogP contribution in [0, 0.1) is 46.3 Å². The fraction of sp³-hybridized carbons (Fsp3) is 0.965. The van der Waals surface area contributed by atoms with E-state index >= 15 is 0 Å². The van der Waals surface area contributed by atoms with Crippen LogP contribution in [-0.2, 0) is 62.0 Å². The molecule has 9 rings (SSSR count). The van der Waals surface area contributed by atoms with Crippen LogP contribution < -0.4 is 0 Å². The topological polar surface area (TPSA) is 419 Å². The summed E-state index contributed by atoms with van der Waals surface area (Å²) >= 11 is 0. The summed E-state index contributed by atoms with van der Waals surface area (Å²) in [6.07, 6.45) is -35.8. The Morgan fingerprint density at radius 1 is 0.576 bits per heavy atom. The second-order valence-corrected chi connectivity index (χ2v) is 28.2. The van der Waals surface area contributed by atoms with Gasteiger partial charge in [-0.3, -0.25) is 4.55 Å². The number of hydrogen-bond donors (Lipinski definition) is 14. The van der Waals surface area contributed by atoms with Crippen molar-refractivity contribution in [3.05, 3.63) is 11.6 Å². The molecule has 85 heavy (non-hydrogen) atoms. The van der Waals surface area contributed by atoms with Gasteiger partial charge in [-0.05, 0) is 139 Å². The highest BCUT2D eigenvalue weighted by molar-refractivity contribution is 7.80. The highest BCUT2D eigenvalue weighted by Crippen LogP contribution is 2.67. The summed E-state index contributed by atoms with van der Waals surface area (Å²) in [4.78, 5) is 0. The predicted octanol–water partition coefficient (Wildman–Crippen LogP) is -1.26. The third kappa shape index (κ3) is 13.4.